The number of halogens is 3. The first-order valence-corrected chi connectivity index (χ1v) is 8.48. The van der Waals surface area contributed by atoms with E-state index in [-0.39, 0.29) is 29.1 Å². The maximum absolute atomic E-state index is 12.8. The van der Waals surface area contributed by atoms with Crippen molar-refractivity contribution in [1.82, 2.24) is 20.4 Å². The molecule has 0 aliphatic rings. The van der Waals surface area contributed by atoms with Crippen LogP contribution in [0.2, 0.25) is 0 Å². The van der Waals surface area contributed by atoms with E-state index in [1.807, 2.05) is 30.3 Å². The zero-order valence-corrected chi connectivity index (χ0v) is 15.1. The lowest BCUT2D eigenvalue weighted by atomic mass is 10.0. The lowest BCUT2D eigenvalue weighted by molar-refractivity contribution is -0.141. The molecule has 2 heterocycles. The minimum Gasteiger partial charge on any atom is -0.344 e. The van der Waals surface area contributed by atoms with E-state index in [2.05, 4.69) is 20.4 Å². The molecule has 0 aliphatic carbocycles. The van der Waals surface area contributed by atoms with Crippen molar-refractivity contribution >= 4 is 5.91 Å². The molecule has 0 saturated heterocycles. The number of carbonyl (C=O) groups excluding carboxylic acids is 1. The third kappa shape index (κ3) is 4.36. The molecule has 1 aromatic carbocycles. The summed E-state index contributed by atoms with van der Waals surface area (Å²) >= 11 is 0. The van der Waals surface area contributed by atoms with Gasteiger partial charge in [0.1, 0.15) is 11.7 Å². The average molecular weight is 390 g/mol. The molecular weight excluding hydrogens is 373 g/mol. The summed E-state index contributed by atoms with van der Waals surface area (Å²) in [5, 5.41) is 6.48. The number of pyridine rings is 1. The van der Waals surface area contributed by atoms with Crippen molar-refractivity contribution in [3.63, 3.8) is 0 Å². The molecule has 3 rings (SSSR count). The number of benzene rings is 1. The SMILES string of the molecule is C[C@H](NC(=O)[C@@H](C)c1ccccc1)c1nc(-c2ccnc(C(F)(F)F)c2)no1. The fourth-order valence-electron chi connectivity index (χ4n) is 2.55. The third-order valence-electron chi connectivity index (χ3n) is 4.17. The summed E-state index contributed by atoms with van der Waals surface area (Å²) in [4.78, 5) is 19.8. The second kappa shape index (κ2) is 7.79. The summed E-state index contributed by atoms with van der Waals surface area (Å²) in [7, 11) is 0. The van der Waals surface area contributed by atoms with E-state index in [1.54, 1.807) is 13.8 Å². The lowest BCUT2D eigenvalue weighted by Crippen LogP contribution is -2.30. The van der Waals surface area contributed by atoms with Gasteiger partial charge in [-0.3, -0.25) is 9.78 Å². The Kier molecular flexibility index (Phi) is 5.43. The van der Waals surface area contributed by atoms with Crippen molar-refractivity contribution in [2.75, 3.05) is 0 Å². The van der Waals surface area contributed by atoms with Crippen LogP contribution in [0, 0.1) is 0 Å². The molecule has 2 aromatic heterocycles. The standard InChI is InChI=1S/C19H17F3N4O2/c1-11(13-6-4-3-5-7-13)17(27)24-12(2)18-25-16(26-28-18)14-8-9-23-15(10-14)19(20,21)22/h3-12H,1-2H3,(H,24,27)/t11-,12-/m0/s1. The van der Waals surface area contributed by atoms with Crippen LogP contribution >= 0.6 is 0 Å². The molecule has 0 aliphatic heterocycles. The Balaban J connectivity index is 1.72. The van der Waals surface area contributed by atoms with Crippen molar-refractivity contribution in [1.29, 1.82) is 0 Å². The van der Waals surface area contributed by atoms with Crippen LogP contribution in [0.1, 0.15) is 43.0 Å². The first-order valence-electron chi connectivity index (χ1n) is 8.48. The maximum atomic E-state index is 12.8. The van der Waals surface area contributed by atoms with Crippen LogP contribution in [-0.4, -0.2) is 21.0 Å². The van der Waals surface area contributed by atoms with Gasteiger partial charge >= 0.3 is 6.18 Å². The number of hydrogen-bond acceptors (Lipinski definition) is 5. The lowest BCUT2D eigenvalue weighted by Gasteiger charge is -2.15. The summed E-state index contributed by atoms with van der Waals surface area (Å²) in [6.45, 7) is 3.42. The number of aromatic nitrogens is 3. The van der Waals surface area contributed by atoms with Gasteiger partial charge in [-0.25, -0.2) is 0 Å². The van der Waals surface area contributed by atoms with Crippen LogP contribution in [0.4, 0.5) is 13.2 Å². The normalized spacial score (nSPS) is 13.8. The summed E-state index contributed by atoms with van der Waals surface area (Å²) < 4.78 is 43.5. The van der Waals surface area contributed by atoms with Gasteiger partial charge in [0.05, 0.1) is 5.92 Å². The Morgan fingerprint density at radius 3 is 2.54 bits per heavy atom. The largest absolute Gasteiger partial charge is 0.433 e. The predicted octanol–water partition coefficient (Wildman–Crippen LogP) is 4.13. The molecule has 0 fully saturated rings. The molecule has 1 N–H and O–H groups in total. The van der Waals surface area contributed by atoms with E-state index in [1.165, 1.54) is 6.07 Å². The first kappa shape index (κ1) is 19.5. The first-order chi connectivity index (χ1) is 13.3. The molecule has 3 aromatic rings. The van der Waals surface area contributed by atoms with Gasteiger partial charge in [0.2, 0.25) is 17.6 Å². The van der Waals surface area contributed by atoms with E-state index in [0.29, 0.717) is 0 Å². The van der Waals surface area contributed by atoms with Crippen LogP contribution in [-0.2, 0) is 11.0 Å². The number of hydrogen-bond donors (Lipinski definition) is 1. The summed E-state index contributed by atoms with van der Waals surface area (Å²) in [6.07, 6.45) is -3.54. The number of amides is 1. The Morgan fingerprint density at radius 2 is 1.86 bits per heavy atom. The summed E-state index contributed by atoms with van der Waals surface area (Å²) in [5.74, 6) is -0.545. The molecule has 0 saturated carbocycles. The Bertz CT molecular complexity index is 957. The quantitative estimate of drug-likeness (QED) is 0.708. The van der Waals surface area contributed by atoms with Gasteiger partial charge in [-0.15, -0.1) is 0 Å². The Labute approximate surface area is 158 Å². The molecule has 0 spiro atoms. The molecule has 2 atom stereocenters. The van der Waals surface area contributed by atoms with Gasteiger partial charge in [-0.1, -0.05) is 35.5 Å². The number of nitrogens with zero attached hydrogens (tertiary/aromatic N) is 3. The van der Waals surface area contributed by atoms with E-state index in [4.69, 9.17) is 4.52 Å². The third-order valence-corrected chi connectivity index (χ3v) is 4.17. The van der Waals surface area contributed by atoms with Gasteiger partial charge in [0, 0.05) is 11.8 Å². The minimum atomic E-state index is -4.57. The zero-order chi connectivity index (χ0) is 20.3. The fraction of sp³-hybridized carbons (Fsp3) is 0.263. The molecule has 0 bridgehead atoms. The monoisotopic (exact) mass is 390 g/mol. The minimum absolute atomic E-state index is 0.0138. The zero-order valence-electron chi connectivity index (χ0n) is 15.1. The number of carbonyl (C=O) groups is 1. The van der Waals surface area contributed by atoms with Crippen molar-refractivity contribution in [2.24, 2.45) is 0 Å². The summed E-state index contributed by atoms with van der Waals surface area (Å²) in [6, 6.07) is 10.8. The molecule has 28 heavy (non-hydrogen) atoms. The molecule has 0 radical (unpaired) electrons. The molecule has 6 nitrogen and oxygen atoms in total. The molecule has 1 amide bonds. The number of alkyl halides is 3. The van der Waals surface area contributed by atoms with E-state index < -0.39 is 17.9 Å². The van der Waals surface area contributed by atoms with Crippen molar-refractivity contribution in [2.45, 2.75) is 32.0 Å². The molecule has 0 unspecified atom stereocenters. The Morgan fingerprint density at radius 1 is 1.14 bits per heavy atom. The summed E-state index contributed by atoms with van der Waals surface area (Å²) in [5.41, 5.74) is -0.0715. The van der Waals surface area contributed by atoms with Crippen molar-refractivity contribution in [3.05, 3.63) is 65.8 Å². The molecule has 146 valence electrons. The predicted molar refractivity (Wildman–Crippen MR) is 93.9 cm³/mol. The van der Waals surface area contributed by atoms with Gasteiger partial charge in [-0.2, -0.15) is 18.2 Å². The Hall–Kier alpha value is -3.23. The maximum Gasteiger partial charge on any atom is 0.433 e. The fourth-order valence-corrected chi connectivity index (χ4v) is 2.55. The smallest absolute Gasteiger partial charge is 0.344 e. The van der Waals surface area contributed by atoms with Crippen LogP contribution < -0.4 is 5.32 Å². The highest BCUT2D eigenvalue weighted by atomic mass is 19.4. The van der Waals surface area contributed by atoms with Crippen molar-refractivity contribution < 1.29 is 22.5 Å². The van der Waals surface area contributed by atoms with Crippen LogP contribution in [0.15, 0.2) is 53.2 Å². The average Bonchev–Trinajstić information content (AvgIpc) is 3.18. The van der Waals surface area contributed by atoms with E-state index in [0.717, 1.165) is 17.8 Å². The second-order valence-electron chi connectivity index (χ2n) is 6.25. The van der Waals surface area contributed by atoms with E-state index >= 15 is 0 Å². The molecular formula is C19H17F3N4O2. The highest BCUT2D eigenvalue weighted by Crippen LogP contribution is 2.30. The highest BCUT2D eigenvalue weighted by Gasteiger charge is 2.33. The van der Waals surface area contributed by atoms with Gasteiger partial charge in [0.25, 0.3) is 0 Å². The highest BCUT2D eigenvalue weighted by molar-refractivity contribution is 5.83. The molecule has 9 heteroatoms. The van der Waals surface area contributed by atoms with Gasteiger partial charge in [0.15, 0.2) is 0 Å². The van der Waals surface area contributed by atoms with E-state index in [9.17, 15) is 18.0 Å². The van der Waals surface area contributed by atoms with Gasteiger partial charge < -0.3 is 9.84 Å². The van der Waals surface area contributed by atoms with Crippen LogP contribution in [0.5, 0.6) is 0 Å². The topological polar surface area (TPSA) is 80.9 Å². The van der Waals surface area contributed by atoms with Crippen molar-refractivity contribution in [3.8, 4) is 11.4 Å². The number of nitrogens with one attached hydrogen (secondary N) is 1. The van der Waals surface area contributed by atoms with Crippen LogP contribution in [0.3, 0.4) is 0 Å². The van der Waals surface area contributed by atoms with Gasteiger partial charge in [-0.05, 0) is 31.5 Å². The second-order valence-corrected chi connectivity index (χ2v) is 6.25. The van der Waals surface area contributed by atoms with Crippen LogP contribution in [0.25, 0.3) is 11.4 Å². The number of rotatable bonds is 5.